The van der Waals surface area contributed by atoms with Gasteiger partial charge in [0.25, 0.3) is 5.92 Å². The number of imide groups is 1. The molecule has 3 aliphatic heterocycles. The second kappa shape index (κ2) is 12.5. The molecule has 0 aliphatic carbocycles. The Morgan fingerprint density at radius 2 is 1.85 bits per heavy atom. The highest BCUT2D eigenvalue weighted by atomic mass is 19.3. The number of aryl methyl sites for hydroxylation is 1. The van der Waals surface area contributed by atoms with Crippen LogP contribution in [0.2, 0.25) is 0 Å². The number of piperidine rings is 3. The summed E-state index contributed by atoms with van der Waals surface area (Å²) in [6.07, 6.45) is 2.66. The number of ether oxygens (including phenoxy) is 1. The predicted molar refractivity (Wildman–Crippen MR) is 148 cm³/mol. The summed E-state index contributed by atoms with van der Waals surface area (Å²) in [7, 11) is 1.77. The Labute approximate surface area is 234 Å². The molecule has 4 heterocycles. The SMILES string of the molecule is CC.CCOC(=O)N1CCC(C[C@H]2CCN(c3ccc4c(C5CCC(=O)NC5=O)nn(C)c4c3)CC2(F)F)CC1. The molecule has 40 heavy (non-hydrogen) atoms. The van der Waals surface area contributed by atoms with Crippen LogP contribution in [0.15, 0.2) is 18.2 Å². The normalized spacial score (nSPS) is 23.4. The number of nitrogens with zero attached hydrogens (tertiary/aromatic N) is 4. The van der Waals surface area contributed by atoms with E-state index in [0.29, 0.717) is 56.9 Å². The van der Waals surface area contributed by atoms with Crippen molar-refractivity contribution in [1.82, 2.24) is 20.0 Å². The average Bonchev–Trinajstić information content (AvgIpc) is 3.26. The smallest absolute Gasteiger partial charge is 0.409 e. The minimum absolute atomic E-state index is 0.180. The van der Waals surface area contributed by atoms with E-state index >= 15 is 8.78 Å². The van der Waals surface area contributed by atoms with Crippen molar-refractivity contribution in [3.05, 3.63) is 23.9 Å². The Hall–Kier alpha value is -3.24. The van der Waals surface area contributed by atoms with Crippen LogP contribution in [0.25, 0.3) is 10.9 Å². The molecule has 1 aromatic carbocycles. The van der Waals surface area contributed by atoms with E-state index in [0.717, 1.165) is 23.7 Å². The highest BCUT2D eigenvalue weighted by molar-refractivity contribution is 6.02. The number of aromatic nitrogens is 2. The largest absolute Gasteiger partial charge is 0.450 e. The van der Waals surface area contributed by atoms with Crippen LogP contribution in [0.3, 0.4) is 0 Å². The van der Waals surface area contributed by atoms with E-state index < -0.39 is 17.8 Å². The van der Waals surface area contributed by atoms with E-state index in [9.17, 15) is 14.4 Å². The molecule has 0 bridgehead atoms. The standard InChI is InChI=1S/C27H35F2N5O4.C2H6/c1-3-38-26(37)33-11-8-17(9-12-33)14-18-10-13-34(16-27(18,28)29)19-4-5-20-22(15-19)32(2)31-24(20)21-6-7-23(35)30-25(21)36;1-2/h4-5,15,17-18,21H,3,6-14,16H2,1-2H3,(H,30,35,36);1-2H3/t18-,21?;/m1./s1. The zero-order valence-corrected chi connectivity index (χ0v) is 23.9. The number of likely N-dealkylation sites (tertiary alicyclic amines) is 1. The fourth-order valence-corrected chi connectivity index (χ4v) is 6.15. The van der Waals surface area contributed by atoms with Gasteiger partial charge in [0.15, 0.2) is 0 Å². The van der Waals surface area contributed by atoms with E-state index in [4.69, 9.17) is 4.74 Å². The summed E-state index contributed by atoms with van der Waals surface area (Å²) in [5, 5.41) is 7.72. The van der Waals surface area contributed by atoms with Crippen molar-refractivity contribution in [2.24, 2.45) is 18.9 Å². The quantitative estimate of drug-likeness (QED) is 0.525. The molecular formula is C29H41F2N5O4. The maximum Gasteiger partial charge on any atom is 0.409 e. The van der Waals surface area contributed by atoms with Gasteiger partial charge in [-0.2, -0.15) is 5.10 Å². The van der Waals surface area contributed by atoms with E-state index in [1.54, 1.807) is 28.5 Å². The summed E-state index contributed by atoms with van der Waals surface area (Å²) >= 11 is 0. The average molecular weight is 562 g/mol. The summed E-state index contributed by atoms with van der Waals surface area (Å²) in [5.74, 6) is -4.46. The molecule has 2 aromatic rings. The van der Waals surface area contributed by atoms with E-state index in [1.165, 1.54) is 0 Å². The minimum Gasteiger partial charge on any atom is -0.450 e. The fraction of sp³-hybridized carbons (Fsp3) is 0.655. The van der Waals surface area contributed by atoms with Crippen LogP contribution in [0.4, 0.5) is 19.3 Å². The lowest BCUT2D eigenvalue weighted by atomic mass is 9.80. The van der Waals surface area contributed by atoms with Crippen LogP contribution in [0.1, 0.15) is 70.9 Å². The lowest BCUT2D eigenvalue weighted by Gasteiger charge is -2.41. The first-order valence-electron chi connectivity index (χ1n) is 14.5. The number of benzene rings is 1. The van der Waals surface area contributed by atoms with Crippen molar-refractivity contribution in [3.8, 4) is 0 Å². The molecule has 11 heteroatoms. The molecule has 2 atom stereocenters. The molecular weight excluding hydrogens is 520 g/mol. The maximum atomic E-state index is 15.4. The highest BCUT2D eigenvalue weighted by Gasteiger charge is 2.45. The molecule has 220 valence electrons. The van der Waals surface area contributed by atoms with E-state index in [2.05, 4.69) is 10.4 Å². The van der Waals surface area contributed by atoms with Crippen LogP contribution in [-0.2, 0) is 21.4 Å². The van der Waals surface area contributed by atoms with Crippen LogP contribution in [-0.4, -0.2) is 71.3 Å². The third-order valence-electron chi connectivity index (χ3n) is 8.30. The molecule has 3 amide bonds. The van der Waals surface area contributed by atoms with Gasteiger partial charge in [-0.1, -0.05) is 13.8 Å². The third-order valence-corrected chi connectivity index (χ3v) is 8.30. The van der Waals surface area contributed by atoms with Gasteiger partial charge in [0.1, 0.15) is 0 Å². The van der Waals surface area contributed by atoms with Gasteiger partial charge in [-0.25, -0.2) is 13.6 Å². The van der Waals surface area contributed by atoms with Crippen LogP contribution in [0, 0.1) is 11.8 Å². The van der Waals surface area contributed by atoms with Gasteiger partial charge in [0.05, 0.1) is 30.3 Å². The zero-order chi connectivity index (χ0) is 29.0. The van der Waals surface area contributed by atoms with E-state index in [-0.39, 0.29) is 36.8 Å². The molecule has 0 spiro atoms. The number of carbonyl (C=O) groups is 3. The zero-order valence-electron chi connectivity index (χ0n) is 23.9. The summed E-state index contributed by atoms with van der Waals surface area (Å²) in [6.45, 7) is 7.40. The van der Waals surface area contributed by atoms with Gasteiger partial charge in [0, 0.05) is 50.1 Å². The molecule has 3 saturated heterocycles. The van der Waals surface area contributed by atoms with Crippen LogP contribution < -0.4 is 10.2 Å². The first kappa shape index (κ1) is 29.7. The molecule has 1 N–H and O–H groups in total. The fourth-order valence-electron chi connectivity index (χ4n) is 6.15. The molecule has 0 radical (unpaired) electrons. The first-order valence-corrected chi connectivity index (χ1v) is 14.5. The minimum atomic E-state index is -2.82. The summed E-state index contributed by atoms with van der Waals surface area (Å²) in [4.78, 5) is 39.3. The molecule has 1 unspecified atom stereocenters. The van der Waals surface area contributed by atoms with Crippen molar-refractivity contribution in [1.29, 1.82) is 0 Å². The monoisotopic (exact) mass is 561 g/mol. The molecule has 9 nitrogen and oxygen atoms in total. The molecule has 3 fully saturated rings. The van der Waals surface area contributed by atoms with Crippen LogP contribution >= 0.6 is 0 Å². The van der Waals surface area contributed by atoms with Gasteiger partial charge in [-0.15, -0.1) is 0 Å². The van der Waals surface area contributed by atoms with Crippen molar-refractivity contribution in [2.45, 2.75) is 71.1 Å². The Balaban J connectivity index is 0.00000181. The van der Waals surface area contributed by atoms with Gasteiger partial charge in [-0.3, -0.25) is 19.6 Å². The van der Waals surface area contributed by atoms with Crippen molar-refractivity contribution >= 4 is 34.5 Å². The number of hydrogen-bond acceptors (Lipinski definition) is 6. The highest BCUT2D eigenvalue weighted by Crippen LogP contribution is 2.41. The Morgan fingerprint density at radius 3 is 2.50 bits per heavy atom. The Bertz CT molecular complexity index is 1220. The number of fused-ring (bicyclic) bond motifs is 1. The van der Waals surface area contributed by atoms with Gasteiger partial charge in [-0.05, 0) is 63.1 Å². The topological polar surface area (TPSA) is 96.8 Å². The summed E-state index contributed by atoms with van der Waals surface area (Å²) in [6, 6.07) is 5.53. The first-order chi connectivity index (χ1) is 19.2. The van der Waals surface area contributed by atoms with Gasteiger partial charge >= 0.3 is 6.09 Å². The number of carbonyl (C=O) groups excluding carboxylic acids is 3. The maximum absolute atomic E-state index is 15.4. The van der Waals surface area contributed by atoms with Gasteiger partial charge in [0.2, 0.25) is 11.8 Å². The Kier molecular flexibility index (Phi) is 9.30. The molecule has 1 aromatic heterocycles. The predicted octanol–water partition coefficient (Wildman–Crippen LogP) is 4.84. The number of halogens is 2. The molecule has 3 aliphatic rings. The number of amides is 3. The Morgan fingerprint density at radius 1 is 1.12 bits per heavy atom. The molecule has 5 rings (SSSR count). The van der Waals surface area contributed by atoms with Crippen molar-refractivity contribution < 1.29 is 27.9 Å². The van der Waals surface area contributed by atoms with E-state index in [1.807, 2.05) is 32.0 Å². The number of anilines is 1. The second-order valence-electron chi connectivity index (χ2n) is 10.7. The second-order valence-corrected chi connectivity index (χ2v) is 10.7. The lowest BCUT2D eigenvalue weighted by Crippen LogP contribution is -2.49. The number of hydrogen-bond donors (Lipinski definition) is 1. The van der Waals surface area contributed by atoms with Crippen LogP contribution in [0.5, 0.6) is 0 Å². The number of alkyl halides is 2. The lowest BCUT2D eigenvalue weighted by molar-refractivity contribution is -0.134. The van der Waals surface area contributed by atoms with Crippen molar-refractivity contribution in [3.63, 3.8) is 0 Å². The number of nitrogens with one attached hydrogen (secondary N) is 1. The summed E-state index contributed by atoms with van der Waals surface area (Å²) in [5.41, 5.74) is 2.08. The summed E-state index contributed by atoms with van der Waals surface area (Å²) < 4.78 is 37.5. The number of rotatable bonds is 5. The van der Waals surface area contributed by atoms with Gasteiger partial charge < -0.3 is 14.5 Å². The molecule has 0 saturated carbocycles. The third kappa shape index (κ3) is 6.23. The van der Waals surface area contributed by atoms with Crippen molar-refractivity contribution in [2.75, 3.05) is 37.7 Å².